The van der Waals surface area contributed by atoms with Gasteiger partial charge in [-0.2, -0.15) is 0 Å². The number of rotatable bonds is 10. The molecule has 0 spiro atoms. The molecule has 1 N–H and O–H groups in total. The molecule has 3 aromatic rings. The second-order valence-electron chi connectivity index (χ2n) is 8.42. The highest BCUT2D eigenvalue weighted by molar-refractivity contribution is 7.17. The van der Waals surface area contributed by atoms with Crippen LogP contribution in [0.4, 0.5) is 5.13 Å². The van der Waals surface area contributed by atoms with Gasteiger partial charge >= 0.3 is 5.97 Å². The number of aliphatic hydroxyl groups excluding tert-OH is 1. The second-order valence-corrected chi connectivity index (χ2v) is 9.40. The Morgan fingerprint density at radius 2 is 1.77 bits per heavy atom. The van der Waals surface area contributed by atoms with Crippen molar-refractivity contribution in [1.29, 1.82) is 0 Å². The number of esters is 1. The van der Waals surface area contributed by atoms with Gasteiger partial charge < -0.3 is 19.3 Å². The maximum absolute atomic E-state index is 13.5. The van der Waals surface area contributed by atoms with Crippen LogP contribution >= 0.6 is 11.3 Å². The molecule has 4 rings (SSSR count). The highest BCUT2D eigenvalue weighted by Crippen LogP contribution is 2.45. The summed E-state index contributed by atoms with van der Waals surface area (Å²) >= 11 is 0.940. The van der Waals surface area contributed by atoms with Gasteiger partial charge in [-0.15, -0.1) is 0 Å². The standard InChI is InChI=1S/C29H28N2O7S/c1-5-37-21-15-13-19(16-22(21)38-6-2)24-23(20(32)14-12-18-10-8-7-9-11-18)25(33)27(34)31(24)29-30-17(3)26(39-29)28(35)36-4/h7-16,24,33H,5-6H2,1-4H3/b14-12+. The number of aryl methyl sites for hydroxylation is 1. The summed E-state index contributed by atoms with van der Waals surface area (Å²) in [7, 11) is 1.25. The summed E-state index contributed by atoms with van der Waals surface area (Å²) in [5, 5.41) is 11.1. The zero-order chi connectivity index (χ0) is 28.1. The van der Waals surface area contributed by atoms with E-state index in [4.69, 9.17) is 14.2 Å². The van der Waals surface area contributed by atoms with Crippen molar-refractivity contribution in [3.05, 3.63) is 87.6 Å². The van der Waals surface area contributed by atoms with Crippen LogP contribution in [0.5, 0.6) is 11.5 Å². The molecule has 1 aliphatic rings. The Balaban J connectivity index is 1.85. The van der Waals surface area contributed by atoms with Crippen molar-refractivity contribution >= 4 is 40.2 Å². The summed E-state index contributed by atoms with van der Waals surface area (Å²) < 4.78 is 16.3. The molecule has 2 heterocycles. The van der Waals surface area contributed by atoms with E-state index in [0.29, 0.717) is 36.0 Å². The predicted molar refractivity (Wildman–Crippen MR) is 147 cm³/mol. The van der Waals surface area contributed by atoms with Crippen molar-refractivity contribution in [2.75, 3.05) is 25.2 Å². The fourth-order valence-corrected chi connectivity index (χ4v) is 5.21. The van der Waals surface area contributed by atoms with E-state index in [2.05, 4.69) is 4.98 Å². The van der Waals surface area contributed by atoms with Gasteiger partial charge in [0.25, 0.3) is 5.91 Å². The maximum Gasteiger partial charge on any atom is 0.350 e. The molecule has 1 aliphatic heterocycles. The largest absolute Gasteiger partial charge is 0.503 e. The third-order valence-electron chi connectivity index (χ3n) is 5.95. The number of aliphatic hydroxyl groups is 1. The van der Waals surface area contributed by atoms with Crippen LogP contribution in [-0.2, 0) is 14.3 Å². The Kier molecular flexibility index (Phi) is 8.46. The minimum atomic E-state index is -1.05. The normalized spacial score (nSPS) is 15.2. The summed E-state index contributed by atoms with van der Waals surface area (Å²) in [4.78, 5) is 45.1. The Hall–Kier alpha value is -4.44. The van der Waals surface area contributed by atoms with Crippen molar-refractivity contribution < 1.29 is 33.7 Å². The Morgan fingerprint density at radius 3 is 2.44 bits per heavy atom. The number of carbonyl (C=O) groups is 3. The Labute approximate surface area is 230 Å². The second kappa shape index (κ2) is 12.0. The number of benzene rings is 2. The molecule has 0 aliphatic carbocycles. The van der Waals surface area contributed by atoms with Gasteiger partial charge in [0.1, 0.15) is 4.88 Å². The number of anilines is 1. The molecule has 1 unspecified atom stereocenters. The molecule has 0 fully saturated rings. The summed E-state index contributed by atoms with van der Waals surface area (Å²) in [6.45, 7) is 6.07. The quantitative estimate of drug-likeness (QED) is 0.271. The molecular weight excluding hydrogens is 520 g/mol. The highest BCUT2D eigenvalue weighted by Gasteiger charge is 2.45. The SMILES string of the molecule is CCOc1ccc(C2C(C(=O)/C=C/c3ccccc3)=C(O)C(=O)N2c2nc(C)c(C(=O)OC)s2)cc1OCC. The predicted octanol–water partition coefficient (Wildman–Crippen LogP) is 5.22. The van der Waals surface area contributed by atoms with E-state index in [1.807, 2.05) is 44.2 Å². The molecule has 0 bridgehead atoms. The van der Waals surface area contributed by atoms with E-state index in [-0.39, 0.29) is 15.6 Å². The lowest BCUT2D eigenvalue weighted by Gasteiger charge is -2.25. The summed E-state index contributed by atoms with van der Waals surface area (Å²) in [6.07, 6.45) is 2.93. The lowest BCUT2D eigenvalue weighted by atomic mass is 9.95. The van der Waals surface area contributed by atoms with Crippen LogP contribution in [0, 0.1) is 6.92 Å². The molecule has 39 heavy (non-hydrogen) atoms. The van der Waals surface area contributed by atoms with E-state index in [1.54, 1.807) is 31.2 Å². The number of thiazole rings is 1. The number of methoxy groups -OCH3 is 1. The van der Waals surface area contributed by atoms with Gasteiger partial charge in [-0.1, -0.05) is 53.8 Å². The van der Waals surface area contributed by atoms with Crippen LogP contribution in [0.1, 0.15) is 46.4 Å². The van der Waals surface area contributed by atoms with Gasteiger partial charge in [0.05, 0.1) is 37.6 Å². The van der Waals surface area contributed by atoms with E-state index in [1.165, 1.54) is 18.1 Å². The molecule has 202 valence electrons. The first-order chi connectivity index (χ1) is 18.8. The zero-order valence-electron chi connectivity index (χ0n) is 22.0. The van der Waals surface area contributed by atoms with E-state index < -0.39 is 29.5 Å². The number of nitrogens with zero attached hydrogens (tertiary/aromatic N) is 2. The van der Waals surface area contributed by atoms with Crippen LogP contribution in [0.15, 0.2) is 65.9 Å². The van der Waals surface area contributed by atoms with Gasteiger partial charge in [0.2, 0.25) is 0 Å². The topological polar surface area (TPSA) is 115 Å². The number of carbonyl (C=O) groups excluding carboxylic acids is 3. The number of ether oxygens (including phenoxy) is 3. The lowest BCUT2D eigenvalue weighted by Crippen LogP contribution is -2.31. The van der Waals surface area contributed by atoms with Crippen LogP contribution in [0.25, 0.3) is 6.08 Å². The average molecular weight is 549 g/mol. The van der Waals surface area contributed by atoms with Crippen LogP contribution < -0.4 is 14.4 Å². The first-order valence-electron chi connectivity index (χ1n) is 12.3. The van der Waals surface area contributed by atoms with Crippen LogP contribution in [0.2, 0.25) is 0 Å². The molecule has 0 saturated carbocycles. The fraction of sp³-hybridized carbons (Fsp3) is 0.241. The third kappa shape index (κ3) is 5.56. The van der Waals surface area contributed by atoms with Crippen molar-refractivity contribution in [1.82, 2.24) is 4.98 Å². The number of hydrogen-bond donors (Lipinski definition) is 1. The fourth-order valence-electron chi connectivity index (χ4n) is 4.20. The number of amides is 1. The van der Waals surface area contributed by atoms with E-state index >= 15 is 0 Å². The third-order valence-corrected chi connectivity index (χ3v) is 7.08. The highest BCUT2D eigenvalue weighted by atomic mass is 32.1. The van der Waals surface area contributed by atoms with Gasteiger partial charge in [-0.3, -0.25) is 14.5 Å². The maximum atomic E-state index is 13.5. The van der Waals surface area contributed by atoms with Gasteiger partial charge in [-0.25, -0.2) is 9.78 Å². The smallest absolute Gasteiger partial charge is 0.350 e. The monoisotopic (exact) mass is 548 g/mol. The molecule has 1 amide bonds. The molecule has 0 radical (unpaired) electrons. The van der Waals surface area contributed by atoms with Crippen molar-refractivity contribution in [2.45, 2.75) is 26.8 Å². The van der Waals surface area contributed by atoms with Gasteiger partial charge in [0, 0.05) is 0 Å². The number of hydrogen-bond acceptors (Lipinski definition) is 9. The van der Waals surface area contributed by atoms with Crippen molar-refractivity contribution in [3.63, 3.8) is 0 Å². The number of allylic oxidation sites excluding steroid dienone is 1. The first-order valence-corrected chi connectivity index (χ1v) is 13.1. The molecule has 2 aromatic carbocycles. The van der Waals surface area contributed by atoms with E-state index in [9.17, 15) is 19.5 Å². The summed E-state index contributed by atoms with van der Waals surface area (Å²) in [5.74, 6) is -1.73. The van der Waals surface area contributed by atoms with Crippen LogP contribution in [0.3, 0.4) is 0 Å². The summed E-state index contributed by atoms with van der Waals surface area (Å²) in [6, 6.07) is 13.2. The molecule has 1 aromatic heterocycles. The van der Waals surface area contributed by atoms with Gasteiger partial charge in [0.15, 0.2) is 28.2 Å². The minimum absolute atomic E-state index is 0.119. The van der Waals surface area contributed by atoms with Crippen molar-refractivity contribution in [3.8, 4) is 11.5 Å². The Morgan fingerprint density at radius 1 is 1.08 bits per heavy atom. The van der Waals surface area contributed by atoms with Crippen LogP contribution in [-0.4, -0.2) is 48.1 Å². The van der Waals surface area contributed by atoms with Gasteiger partial charge in [-0.05, 0) is 50.1 Å². The average Bonchev–Trinajstić information content (AvgIpc) is 3.45. The number of aromatic nitrogens is 1. The summed E-state index contributed by atoms with van der Waals surface area (Å²) in [5.41, 5.74) is 1.51. The molecule has 0 saturated heterocycles. The Bertz CT molecular complexity index is 1460. The van der Waals surface area contributed by atoms with Crippen molar-refractivity contribution in [2.24, 2.45) is 0 Å². The lowest BCUT2D eigenvalue weighted by molar-refractivity contribution is -0.117. The minimum Gasteiger partial charge on any atom is -0.503 e. The zero-order valence-corrected chi connectivity index (χ0v) is 22.8. The molecular formula is C29H28N2O7S. The van der Waals surface area contributed by atoms with E-state index in [0.717, 1.165) is 16.9 Å². The molecule has 9 nitrogen and oxygen atoms in total. The number of ketones is 1. The molecule has 10 heteroatoms. The first kappa shape index (κ1) is 27.6. The molecule has 1 atom stereocenters.